The Hall–Kier alpha value is -1.71. The smallest absolute Gasteiger partial charge is 0.265 e. The van der Waals surface area contributed by atoms with Gasteiger partial charge in [-0.2, -0.15) is 0 Å². The van der Waals surface area contributed by atoms with Crippen LogP contribution in [0, 0.1) is 13.8 Å². The third kappa shape index (κ3) is 4.15. The minimum Gasteiger partial charge on any atom is -0.481 e. The highest BCUT2D eigenvalue weighted by molar-refractivity contribution is 6.34. The van der Waals surface area contributed by atoms with Gasteiger partial charge in [-0.3, -0.25) is 4.79 Å². The third-order valence-corrected chi connectivity index (χ3v) is 3.68. The summed E-state index contributed by atoms with van der Waals surface area (Å²) in [5, 5.41) is 3.82. The van der Waals surface area contributed by atoms with E-state index in [-0.39, 0.29) is 5.91 Å². The van der Waals surface area contributed by atoms with E-state index in [2.05, 4.69) is 5.32 Å². The number of benzene rings is 2. The molecule has 0 saturated heterocycles. The van der Waals surface area contributed by atoms with E-state index in [0.717, 1.165) is 16.8 Å². The number of aryl methyl sites for hydroxylation is 2. The van der Waals surface area contributed by atoms with Gasteiger partial charge in [0.05, 0.1) is 0 Å². The van der Waals surface area contributed by atoms with E-state index in [0.29, 0.717) is 15.8 Å². The van der Waals surface area contributed by atoms with E-state index in [1.54, 1.807) is 25.1 Å². The Morgan fingerprint density at radius 1 is 1.09 bits per heavy atom. The Bertz CT molecular complexity index is 661. The van der Waals surface area contributed by atoms with Crippen molar-refractivity contribution in [2.75, 3.05) is 5.32 Å². The van der Waals surface area contributed by atoms with Crippen LogP contribution < -0.4 is 10.1 Å². The van der Waals surface area contributed by atoms with Crippen LogP contribution in [-0.4, -0.2) is 12.0 Å². The number of hydrogen-bond acceptors (Lipinski definition) is 2. The second-order valence-electron chi connectivity index (χ2n) is 5.12. The topological polar surface area (TPSA) is 38.3 Å². The van der Waals surface area contributed by atoms with Gasteiger partial charge in [0.25, 0.3) is 5.91 Å². The molecule has 0 radical (unpaired) electrons. The molecule has 0 aliphatic rings. The molecule has 5 heteroatoms. The van der Waals surface area contributed by atoms with Gasteiger partial charge in [0, 0.05) is 15.7 Å². The van der Waals surface area contributed by atoms with Crippen molar-refractivity contribution >= 4 is 34.8 Å². The van der Waals surface area contributed by atoms with Gasteiger partial charge in [-0.1, -0.05) is 41.4 Å². The normalized spacial score (nSPS) is 11.9. The number of rotatable bonds is 4. The van der Waals surface area contributed by atoms with Crippen molar-refractivity contribution in [3.05, 3.63) is 57.6 Å². The van der Waals surface area contributed by atoms with Crippen molar-refractivity contribution in [2.24, 2.45) is 0 Å². The van der Waals surface area contributed by atoms with E-state index in [9.17, 15) is 4.79 Å². The minimum absolute atomic E-state index is 0.228. The van der Waals surface area contributed by atoms with E-state index < -0.39 is 6.10 Å². The van der Waals surface area contributed by atoms with Crippen LogP contribution in [0.5, 0.6) is 5.75 Å². The fourth-order valence-electron chi connectivity index (χ4n) is 2.09. The summed E-state index contributed by atoms with van der Waals surface area (Å²) in [7, 11) is 0. The summed E-state index contributed by atoms with van der Waals surface area (Å²) in [6.07, 6.45) is -0.673. The van der Waals surface area contributed by atoms with Crippen molar-refractivity contribution in [1.29, 1.82) is 0 Å². The highest BCUT2D eigenvalue weighted by Gasteiger charge is 2.17. The highest BCUT2D eigenvalue weighted by atomic mass is 35.5. The van der Waals surface area contributed by atoms with E-state index >= 15 is 0 Å². The van der Waals surface area contributed by atoms with Crippen LogP contribution in [-0.2, 0) is 4.79 Å². The zero-order valence-corrected chi connectivity index (χ0v) is 14.1. The first kappa shape index (κ1) is 16.7. The summed E-state index contributed by atoms with van der Waals surface area (Å²) in [4.78, 5) is 12.3. The zero-order valence-electron chi connectivity index (χ0n) is 12.6. The third-order valence-electron chi connectivity index (χ3n) is 3.25. The molecule has 0 heterocycles. The second kappa shape index (κ2) is 7.03. The number of carbonyl (C=O) groups is 1. The van der Waals surface area contributed by atoms with Gasteiger partial charge >= 0.3 is 0 Å². The molecule has 1 amide bonds. The average molecular weight is 338 g/mol. The molecular weight excluding hydrogens is 321 g/mol. The maximum atomic E-state index is 12.3. The van der Waals surface area contributed by atoms with Gasteiger partial charge in [0.2, 0.25) is 0 Å². The van der Waals surface area contributed by atoms with Crippen molar-refractivity contribution < 1.29 is 9.53 Å². The van der Waals surface area contributed by atoms with Gasteiger partial charge in [0.1, 0.15) is 5.75 Å². The average Bonchev–Trinajstić information content (AvgIpc) is 2.41. The molecule has 0 saturated carbocycles. The number of nitrogens with one attached hydrogen (secondary N) is 1. The molecule has 1 N–H and O–H groups in total. The lowest BCUT2D eigenvalue weighted by Crippen LogP contribution is -2.30. The standard InChI is InChI=1S/C17H17Cl2NO2/c1-10-5-4-6-11(2)16(10)20-17(21)12(3)22-15-8-13(18)7-14(19)9-15/h4-9,12H,1-3H3,(H,20,21). The number of halogens is 2. The molecule has 3 nitrogen and oxygen atoms in total. The lowest BCUT2D eigenvalue weighted by Gasteiger charge is -2.17. The van der Waals surface area contributed by atoms with Crippen molar-refractivity contribution in [3.8, 4) is 5.75 Å². The maximum absolute atomic E-state index is 12.3. The van der Waals surface area contributed by atoms with Crippen molar-refractivity contribution in [1.82, 2.24) is 0 Å². The number of ether oxygens (including phenoxy) is 1. The molecule has 2 aromatic carbocycles. The molecule has 0 aliphatic carbocycles. The summed E-state index contributed by atoms with van der Waals surface area (Å²) in [5.41, 5.74) is 2.82. The summed E-state index contributed by atoms with van der Waals surface area (Å²) < 4.78 is 5.61. The summed E-state index contributed by atoms with van der Waals surface area (Å²) >= 11 is 11.8. The largest absolute Gasteiger partial charge is 0.481 e. The Balaban J connectivity index is 2.09. The first-order valence-corrected chi connectivity index (χ1v) is 7.62. The van der Waals surface area contributed by atoms with Gasteiger partial charge in [-0.15, -0.1) is 0 Å². The SMILES string of the molecule is Cc1cccc(C)c1NC(=O)C(C)Oc1cc(Cl)cc(Cl)c1. The van der Waals surface area contributed by atoms with Gasteiger partial charge in [-0.25, -0.2) is 0 Å². The maximum Gasteiger partial charge on any atom is 0.265 e. The number of amides is 1. The van der Waals surface area contributed by atoms with E-state index in [1.807, 2.05) is 32.0 Å². The zero-order chi connectivity index (χ0) is 16.3. The van der Waals surface area contributed by atoms with Crippen LogP contribution in [0.2, 0.25) is 10.0 Å². The molecule has 1 unspecified atom stereocenters. The van der Waals surface area contributed by atoms with E-state index in [4.69, 9.17) is 27.9 Å². The van der Waals surface area contributed by atoms with Crippen LogP contribution >= 0.6 is 23.2 Å². The molecule has 1 atom stereocenters. The molecule has 2 rings (SSSR count). The lowest BCUT2D eigenvalue weighted by molar-refractivity contribution is -0.122. The number of carbonyl (C=O) groups excluding carboxylic acids is 1. The number of anilines is 1. The quantitative estimate of drug-likeness (QED) is 0.850. The molecule has 22 heavy (non-hydrogen) atoms. The van der Waals surface area contributed by atoms with Crippen LogP contribution in [0.3, 0.4) is 0 Å². The fraction of sp³-hybridized carbons (Fsp3) is 0.235. The second-order valence-corrected chi connectivity index (χ2v) is 5.99. The Labute approximate surface area is 140 Å². The van der Waals surface area contributed by atoms with Gasteiger partial charge < -0.3 is 10.1 Å². The minimum atomic E-state index is -0.673. The Morgan fingerprint density at radius 3 is 2.18 bits per heavy atom. The first-order valence-electron chi connectivity index (χ1n) is 6.86. The molecule has 116 valence electrons. The molecule has 0 aromatic heterocycles. The summed E-state index contributed by atoms with van der Waals surface area (Å²) in [6, 6.07) is 10.7. The van der Waals surface area contributed by atoms with Gasteiger partial charge in [-0.05, 0) is 50.1 Å². The molecule has 0 aliphatic heterocycles. The molecule has 0 fully saturated rings. The van der Waals surface area contributed by atoms with Gasteiger partial charge in [0.15, 0.2) is 6.10 Å². The Morgan fingerprint density at radius 2 is 1.64 bits per heavy atom. The monoisotopic (exact) mass is 337 g/mol. The van der Waals surface area contributed by atoms with Crippen molar-refractivity contribution in [2.45, 2.75) is 26.9 Å². The van der Waals surface area contributed by atoms with Crippen molar-refractivity contribution in [3.63, 3.8) is 0 Å². The first-order chi connectivity index (χ1) is 10.4. The summed E-state index contributed by atoms with van der Waals surface area (Å²) in [6.45, 7) is 5.58. The van der Waals surface area contributed by atoms with Crippen LogP contribution in [0.4, 0.5) is 5.69 Å². The van der Waals surface area contributed by atoms with Crippen LogP contribution in [0.15, 0.2) is 36.4 Å². The molecular formula is C17H17Cl2NO2. The summed E-state index contributed by atoms with van der Waals surface area (Å²) in [5.74, 6) is 0.232. The van der Waals surface area contributed by atoms with E-state index in [1.165, 1.54) is 0 Å². The predicted octanol–water partition coefficient (Wildman–Crippen LogP) is 5.02. The fourth-order valence-corrected chi connectivity index (χ4v) is 2.60. The highest BCUT2D eigenvalue weighted by Crippen LogP contribution is 2.25. The van der Waals surface area contributed by atoms with Crippen LogP contribution in [0.25, 0.3) is 0 Å². The lowest BCUT2D eigenvalue weighted by atomic mass is 10.1. The number of para-hydroxylation sites is 1. The molecule has 2 aromatic rings. The van der Waals surface area contributed by atoms with Crippen LogP contribution in [0.1, 0.15) is 18.1 Å². The number of hydrogen-bond donors (Lipinski definition) is 1. The predicted molar refractivity (Wildman–Crippen MR) is 91.1 cm³/mol. The molecule has 0 bridgehead atoms. The molecule has 0 spiro atoms. The Kier molecular flexibility index (Phi) is 5.33.